The number of nitrogens with one attached hydrogen (secondary N) is 1. The molecule has 0 aliphatic carbocycles. The summed E-state index contributed by atoms with van der Waals surface area (Å²) in [7, 11) is 0. The van der Waals surface area contributed by atoms with Crippen molar-refractivity contribution in [2.24, 2.45) is 11.7 Å². The molecule has 1 unspecified atom stereocenters. The van der Waals surface area contributed by atoms with Crippen LogP contribution in [0.5, 0.6) is 11.5 Å². The van der Waals surface area contributed by atoms with Gasteiger partial charge < -0.3 is 20.5 Å². The van der Waals surface area contributed by atoms with Gasteiger partial charge in [-0.15, -0.1) is 0 Å². The summed E-state index contributed by atoms with van der Waals surface area (Å²) in [6.45, 7) is 4.88. The summed E-state index contributed by atoms with van der Waals surface area (Å²) < 4.78 is 10.6. The van der Waals surface area contributed by atoms with Crippen molar-refractivity contribution in [2.45, 2.75) is 20.4 Å². The Labute approximate surface area is 106 Å². The molecule has 0 radical (unpaired) electrons. The van der Waals surface area contributed by atoms with Gasteiger partial charge in [-0.25, -0.2) is 0 Å². The molecule has 1 amide bonds. The number of ether oxygens (including phenoxy) is 2. The quantitative estimate of drug-likeness (QED) is 0.834. The third-order valence-corrected chi connectivity index (χ3v) is 3.09. The van der Waals surface area contributed by atoms with E-state index in [9.17, 15) is 4.79 Å². The first-order chi connectivity index (χ1) is 8.61. The van der Waals surface area contributed by atoms with Crippen LogP contribution in [0, 0.1) is 12.8 Å². The van der Waals surface area contributed by atoms with E-state index >= 15 is 0 Å². The van der Waals surface area contributed by atoms with Crippen LogP contribution >= 0.6 is 0 Å². The van der Waals surface area contributed by atoms with Crippen molar-refractivity contribution in [3.8, 4) is 11.5 Å². The van der Waals surface area contributed by atoms with Gasteiger partial charge in [0, 0.05) is 19.0 Å². The zero-order valence-electron chi connectivity index (χ0n) is 10.7. The fourth-order valence-corrected chi connectivity index (χ4v) is 1.74. The lowest BCUT2D eigenvalue weighted by Gasteiger charge is -2.12. The van der Waals surface area contributed by atoms with Crippen LogP contribution in [0.1, 0.15) is 18.1 Å². The summed E-state index contributed by atoms with van der Waals surface area (Å²) in [5, 5.41) is 2.87. The van der Waals surface area contributed by atoms with Crippen LogP contribution in [0.2, 0.25) is 0 Å². The van der Waals surface area contributed by atoms with Crippen molar-refractivity contribution in [2.75, 3.05) is 13.3 Å². The molecule has 0 saturated carbocycles. The first-order valence-corrected chi connectivity index (χ1v) is 5.98. The minimum absolute atomic E-state index is 0.0328. The van der Waals surface area contributed by atoms with Gasteiger partial charge in [0.25, 0.3) is 0 Å². The maximum atomic E-state index is 11.6. The molecule has 18 heavy (non-hydrogen) atoms. The highest BCUT2D eigenvalue weighted by molar-refractivity contribution is 5.78. The number of hydrogen-bond acceptors (Lipinski definition) is 4. The Kier molecular flexibility index (Phi) is 3.72. The molecule has 3 N–H and O–H groups in total. The fraction of sp³-hybridized carbons (Fsp3) is 0.462. The predicted octanol–water partition coefficient (Wildman–Crippen LogP) is 0.935. The highest BCUT2D eigenvalue weighted by Gasteiger charge is 2.16. The van der Waals surface area contributed by atoms with Crippen molar-refractivity contribution >= 4 is 5.91 Å². The lowest BCUT2D eigenvalue weighted by molar-refractivity contribution is -0.124. The number of fused-ring (bicyclic) bond motifs is 1. The lowest BCUT2D eigenvalue weighted by Crippen LogP contribution is -2.32. The highest BCUT2D eigenvalue weighted by atomic mass is 16.7. The Bertz CT molecular complexity index is 460. The maximum Gasteiger partial charge on any atom is 0.231 e. The molecule has 1 heterocycles. The molecule has 1 atom stereocenters. The second-order valence-corrected chi connectivity index (χ2v) is 4.49. The van der Waals surface area contributed by atoms with Gasteiger partial charge in [-0.3, -0.25) is 4.79 Å². The average molecular weight is 250 g/mol. The molecular formula is C13H18N2O3. The summed E-state index contributed by atoms with van der Waals surface area (Å²) in [6, 6.07) is 3.83. The Balaban J connectivity index is 2.04. The number of rotatable bonds is 4. The van der Waals surface area contributed by atoms with E-state index in [1.807, 2.05) is 26.0 Å². The lowest BCUT2D eigenvalue weighted by atomic mass is 10.1. The van der Waals surface area contributed by atoms with Crippen LogP contribution in [0.3, 0.4) is 0 Å². The molecule has 1 aliphatic rings. The molecule has 1 aromatic carbocycles. The van der Waals surface area contributed by atoms with E-state index in [4.69, 9.17) is 15.2 Å². The monoisotopic (exact) mass is 250 g/mol. The second kappa shape index (κ2) is 5.27. The van der Waals surface area contributed by atoms with Crippen molar-refractivity contribution < 1.29 is 14.3 Å². The van der Waals surface area contributed by atoms with Crippen molar-refractivity contribution in [3.63, 3.8) is 0 Å². The SMILES string of the molecule is Cc1cc2c(cc1CNC(=O)C(C)CN)OCO2. The summed E-state index contributed by atoms with van der Waals surface area (Å²) in [6.07, 6.45) is 0. The standard InChI is InChI=1S/C13H18N2O3/c1-8-3-11-12(18-7-17-11)4-10(8)6-15-13(16)9(2)5-14/h3-4,9H,5-7,14H2,1-2H3,(H,15,16). The molecule has 98 valence electrons. The topological polar surface area (TPSA) is 73.6 Å². The molecule has 0 bridgehead atoms. The fourth-order valence-electron chi connectivity index (χ4n) is 1.74. The van der Waals surface area contributed by atoms with Crippen LogP contribution in [0.4, 0.5) is 0 Å². The zero-order valence-corrected chi connectivity index (χ0v) is 10.7. The largest absolute Gasteiger partial charge is 0.454 e. The van der Waals surface area contributed by atoms with E-state index in [-0.39, 0.29) is 18.6 Å². The van der Waals surface area contributed by atoms with Crippen molar-refractivity contribution in [3.05, 3.63) is 23.3 Å². The van der Waals surface area contributed by atoms with E-state index in [0.29, 0.717) is 13.1 Å². The minimum Gasteiger partial charge on any atom is -0.454 e. The predicted molar refractivity (Wildman–Crippen MR) is 67.4 cm³/mol. The van der Waals surface area contributed by atoms with Gasteiger partial charge in [-0.2, -0.15) is 0 Å². The van der Waals surface area contributed by atoms with Gasteiger partial charge in [-0.1, -0.05) is 6.92 Å². The van der Waals surface area contributed by atoms with Gasteiger partial charge in [0.1, 0.15) is 0 Å². The van der Waals surface area contributed by atoms with E-state index in [1.54, 1.807) is 0 Å². The highest BCUT2D eigenvalue weighted by Crippen LogP contribution is 2.34. The van der Waals surface area contributed by atoms with E-state index in [0.717, 1.165) is 22.6 Å². The second-order valence-electron chi connectivity index (χ2n) is 4.49. The van der Waals surface area contributed by atoms with Crippen LogP contribution in [0.25, 0.3) is 0 Å². The number of benzene rings is 1. The van der Waals surface area contributed by atoms with Crippen molar-refractivity contribution in [1.29, 1.82) is 0 Å². The minimum atomic E-state index is -0.167. The number of amides is 1. The van der Waals surface area contributed by atoms with Crippen LogP contribution in [-0.4, -0.2) is 19.2 Å². The number of carbonyl (C=O) groups is 1. The Morgan fingerprint density at radius 1 is 1.44 bits per heavy atom. The van der Waals surface area contributed by atoms with E-state index < -0.39 is 0 Å². The molecule has 5 nitrogen and oxygen atoms in total. The number of nitrogens with two attached hydrogens (primary N) is 1. The van der Waals surface area contributed by atoms with Gasteiger partial charge >= 0.3 is 0 Å². The smallest absolute Gasteiger partial charge is 0.231 e. The summed E-state index contributed by atoms with van der Waals surface area (Å²) in [4.78, 5) is 11.6. The molecule has 2 rings (SSSR count). The van der Waals surface area contributed by atoms with Gasteiger partial charge in [-0.05, 0) is 30.2 Å². The van der Waals surface area contributed by atoms with Gasteiger partial charge in [0.15, 0.2) is 11.5 Å². The number of hydrogen-bond donors (Lipinski definition) is 2. The molecule has 5 heteroatoms. The maximum absolute atomic E-state index is 11.6. The normalized spacial score (nSPS) is 14.4. The van der Waals surface area contributed by atoms with Crippen LogP contribution in [0.15, 0.2) is 12.1 Å². The van der Waals surface area contributed by atoms with Gasteiger partial charge in [0.2, 0.25) is 12.7 Å². The first kappa shape index (κ1) is 12.7. The summed E-state index contributed by atoms with van der Waals surface area (Å²) in [5.41, 5.74) is 7.54. The third kappa shape index (κ3) is 2.56. The number of aryl methyl sites for hydroxylation is 1. The van der Waals surface area contributed by atoms with E-state index in [2.05, 4.69) is 5.32 Å². The Morgan fingerprint density at radius 2 is 2.11 bits per heavy atom. The third-order valence-electron chi connectivity index (χ3n) is 3.09. The average Bonchev–Trinajstić information content (AvgIpc) is 2.81. The number of carbonyl (C=O) groups excluding carboxylic acids is 1. The van der Waals surface area contributed by atoms with Gasteiger partial charge in [0.05, 0.1) is 0 Å². The first-order valence-electron chi connectivity index (χ1n) is 5.98. The molecule has 0 saturated heterocycles. The summed E-state index contributed by atoms with van der Waals surface area (Å²) >= 11 is 0. The van der Waals surface area contributed by atoms with Crippen LogP contribution in [-0.2, 0) is 11.3 Å². The Hall–Kier alpha value is -1.75. The zero-order chi connectivity index (χ0) is 13.1. The van der Waals surface area contributed by atoms with Crippen LogP contribution < -0.4 is 20.5 Å². The molecule has 1 aromatic rings. The molecule has 0 aromatic heterocycles. The van der Waals surface area contributed by atoms with E-state index in [1.165, 1.54) is 0 Å². The summed E-state index contributed by atoms with van der Waals surface area (Å²) in [5.74, 6) is 1.29. The molecule has 1 aliphatic heterocycles. The Morgan fingerprint density at radius 3 is 2.78 bits per heavy atom. The molecule has 0 fully saturated rings. The van der Waals surface area contributed by atoms with Crippen molar-refractivity contribution in [1.82, 2.24) is 5.32 Å². The molecular weight excluding hydrogens is 232 g/mol. The molecule has 0 spiro atoms.